The van der Waals surface area contributed by atoms with Crippen LogP contribution in [-0.2, 0) is 41.5 Å². The highest BCUT2D eigenvalue weighted by molar-refractivity contribution is 5.76. The van der Waals surface area contributed by atoms with Crippen LogP contribution in [0.4, 0.5) is 0 Å². The minimum Gasteiger partial charge on any atom is -0.481 e. The first-order valence-electron chi connectivity index (χ1n) is 10.3. The molecule has 0 amide bonds. The lowest BCUT2D eigenvalue weighted by Gasteiger charge is -2.08. The zero-order valence-electron chi connectivity index (χ0n) is 19.3. The zero-order valence-corrected chi connectivity index (χ0v) is 19.3. The normalized spacial score (nSPS) is 11.3. The van der Waals surface area contributed by atoms with Crippen LogP contribution in [0.25, 0.3) is 0 Å². The summed E-state index contributed by atoms with van der Waals surface area (Å²) in [5, 5.41) is 15.8. The SMILES string of the molecule is COC(=O)[C@@H](N)Cc1ccccc1.COC(=O)[C@@H](N)Cc1ccccc1.O=C(O)CCC(=O)O. The number of ether oxygens (including phenoxy) is 2. The number of carbonyl (C=O) groups excluding carboxylic acids is 2. The van der Waals surface area contributed by atoms with E-state index in [1.807, 2.05) is 60.7 Å². The van der Waals surface area contributed by atoms with Gasteiger partial charge in [0.1, 0.15) is 12.1 Å². The van der Waals surface area contributed by atoms with E-state index in [9.17, 15) is 19.2 Å². The molecule has 0 bridgehead atoms. The molecule has 0 fully saturated rings. The first-order valence-corrected chi connectivity index (χ1v) is 10.3. The van der Waals surface area contributed by atoms with Crippen molar-refractivity contribution in [3.8, 4) is 0 Å². The number of carboxylic acid groups (broad SMARTS) is 2. The van der Waals surface area contributed by atoms with E-state index in [0.717, 1.165) is 11.1 Å². The predicted molar refractivity (Wildman–Crippen MR) is 125 cm³/mol. The number of esters is 2. The van der Waals surface area contributed by atoms with Crippen LogP contribution in [0, 0.1) is 0 Å². The van der Waals surface area contributed by atoms with Crippen molar-refractivity contribution in [2.24, 2.45) is 11.5 Å². The summed E-state index contributed by atoms with van der Waals surface area (Å²) in [5.74, 6) is -2.90. The van der Waals surface area contributed by atoms with Crippen molar-refractivity contribution in [1.82, 2.24) is 0 Å². The van der Waals surface area contributed by atoms with Gasteiger partial charge in [0.15, 0.2) is 0 Å². The summed E-state index contributed by atoms with van der Waals surface area (Å²) in [6.45, 7) is 0. The van der Waals surface area contributed by atoms with Crippen LogP contribution in [0.3, 0.4) is 0 Å². The second-order valence-corrected chi connectivity index (χ2v) is 6.93. The van der Waals surface area contributed by atoms with Crippen molar-refractivity contribution < 1.29 is 38.9 Å². The van der Waals surface area contributed by atoms with Crippen LogP contribution < -0.4 is 11.5 Å². The van der Waals surface area contributed by atoms with Gasteiger partial charge in [0, 0.05) is 0 Å². The summed E-state index contributed by atoms with van der Waals surface area (Å²) >= 11 is 0. The van der Waals surface area contributed by atoms with Gasteiger partial charge in [-0.1, -0.05) is 60.7 Å². The van der Waals surface area contributed by atoms with E-state index in [1.54, 1.807) is 0 Å². The monoisotopic (exact) mass is 476 g/mol. The van der Waals surface area contributed by atoms with E-state index in [0.29, 0.717) is 12.8 Å². The summed E-state index contributed by atoms with van der Waals surface area (Å²) in [6, 6.07) is 18.1. The highest BCUT2D eigenvalue weighted by atomic mass is 16.5. The number of aliphatic carboxylic acids is 2. The summed E-state index contributed by atoms with van der Waals surface area (Å²) in [7, 11) is 2.68. The van der Waals surface area contributed by atoms with Crippen LogP contribution in [0.15, 0.2) is 60.7 Å². The average molecular weight is 477 g/mol. The number of carboxylic acids is 2. The Bertz CT molecular complexity index is 802. The second-order valence-electron chi connectivity index (χ2n) is 6.93. The smallest absolute Gasteiger partial charge is 0.322 e. The van der Waals surface area contributed by atoms with E-state index < -0.39 is 24.0 Å². The third kappa shape index (κ3) is 15.1. The maximum absolute atomic E-state index is 11.0. The standard InChI is InChI=1S/2C10H13NO2.C4H6O4/c2*1-13-10(12)9(11)7-8-5-3-2-4-6-8;5-3(6)1-2-4(7)8/h2*2-6,9H,7,11H2,1H3;1-2H2,(H,5,6)(H,7,8)/t2*9-;/m00./s1. The first-order chi connectivity index (χ1) is 16.1. The number of rotatable bonds is 9. The van der Waals surface area contributed by atoms with Gasteiger partial charge in [0.25, 0.3) is 0 Å². The van der Waals surface area contributed by atoms with Gasteiger partial charge < -0.3 is 31.2 Å². The fourth-order valence-corrected chi connectivity index (χ4v) is 2.42. The van der Waals surface area contributed by atoms with E-state index in [4.69, 9.17) is 21.7 Å². The highest BCUT2D eigenvalue weighted by Gasteiger charge is 2.14. The molecule has 0 aliphatic carbocycles. The van der Waals surface area contributed by atoms with Crippen LogP contribution in [-0.4, -0.2) is 60.4 Å². The Balaban J connectivity index is 0.000000497. The molecule has 10 heteroatoms. The molecule has 2 rings (SSSR count). The molecule has 186 valence electrons. The van der Waals surface area contributed by atoms with Gasteiger partial charge in [0.2, 0.25) is 0 Å². The summed E-state index contributed by atoms with van der Waals surface area (Å²) in [4.78, 5) is 41.2. The van der Waals surface area contributed by atoms with Crippen LogP contribution in [0.1, 0.15) is 24.0 Å². The molecule has 0 aliphatic heterocycles. The Kier molecular flexibility index (Phi) is 15.8. The number of benzene rings is 2. The van der Waals surface area contributed by atoms with Crippen molar-refractivity contribution in [2.75, 3.05) is 14.2 Å². The molecule has 2 aromatic rings. The Hall–Kier alpha value is -3.76. The number of nitrogens with two attached hydrogens (primary N) is 2. The van der Waals surface area contributed by atoms with Gasteiger partial charge in [-0.05, 0) is 24.0 Å². The van der Waals surface area contributed by atoms with Gasteiger partial charge in [0.05, 0.1) is 27.1 Å². The lowest BCUT2D eigenvalue weighted by molar-refractivity contribution is -0.143. The molecule has 2 atom stereocenters. The van der Waals surface area contributed by atoms with Gasteiger partial charge in [-0.3, -0.25) is 19.2 Å². The molecule has 6 N–H and O–H groups in total. The van der Waals surface area contributed by atoms with Crippen LogP contribution in [0.5, 0.6) is 0 Å². The third-order valence-electron chi connectivity index (χ3n) is 4.16. The van der Waals surface area contributed by atoms with Crippen LogP contribution in [0.2, 0.25) is 0 Å². The summed E-state index contributed by atoms with van der Waals surface area (Å²) in [6.07, 6.45) is 0.450. The van der Waals surface area contributed by atoms with Crippen LogP contribution >= 0.6 is 0 Å². The molecule has 0 aliphatic rings. The molecule has 0 spiro atoms. The Labute approximate surface area is 198 Å². The Morgan fingerprint density at radius 1 is 0.676 bits per heavy atom. The number of methoxy groups -OCH3 is 2. The van der Waals surface area contributed by atoms with Crippen molar-refractivity contribution >= 4 is 23.9 Å². The molecular formula is C24H32N2O8. The molecule has 0 saturated heterocycles. The first kappa shape index (κ1) is 30.2. The topological polar surface area (TPSA) is 179 Å². The van der Waals surface area contributed by atoms with Gasteiger partial charge in [-0.25, -0.2) is 0 Å². The number of carbonyl (C=O) groups is 4. The van der Waals surface area contributed by atoms with Crippen molar-refractivity contribution in [2.45, 2.75) is 37.8 Å². The van der Waals surface area contributed by atoms with E-state index >= 15 is 0 Å². The minimum absolute atomic E-state index is 0.296. The molecule has 34 heavy (non-hydrogen) atoms. The Morgan fingerprint density at radius 2 is 0.971 bits per heavy atom. The molecule has 0 radical (unpaired) electrons. The maximum Gasteiger partial charge on any atom is 0.322 e. The minimum atomic E-state index is -1.08. The quantitative estimate of drug-likeness (QED) is 0.386. The average Bonchev–Trinajstić information content (AvgIpc) is 2.83. The molecule has 0 unspecified atom stereocenters. The van der Waals surface area contributed by atoms with Gasteiger partial charge >= 0.3 is 23.9 Å². The fraction of sp³-hybridized carbons (Fsp3) is 0.333. The second kappa shape index (κ2) is 17.8. The predicted octanol–water partition coefficient (Wildman–Crippen LogP) is 1.39. The summed E-state index contributed by atoms with van der Waals surface area (Å²) < 4.78 is 9.04. The molecule has 10 nitrogen and oxygen atoms in total. The Morgan fingerprint density at radius 3 is 1.21 bits per heavy atom. The molecular weight excluding hydrogens is 444 g/mol. The lowest BCUT2D eigenvalue weighted by Crippen LogP contribution is -2.33. The molecule has 0 saturated carbocycles. The third-order valence-corrected chi connectivity index (χ3v) is 4.16. The number of hydrogen-bond donors (Lipinski definition) is 4. The largest absolute Gasteiger partial charge is 0.481 e. The van der Waals surface area contributed by atoms with Crippen molar-refractivity contribution in [3.05, 3.63) is 71.8 Å². The molecule has 0 aromatic heterocycles. The molecule has 0 heterocycles. The maximum atomic E-state index is 11.0. The van der Waals surface area contributed by atoms with E-state index in [1.165, 1.54) is 14.2 Å². The molecule has 2 aromatic carbocycles. The highest BCUT2D eigenvalue weighted by Crippen LogP contribution is 2.03. The van der Waals surface area contributed by atoms with E-state index in [2.05, 4.69) is 9.47 Å². The zero-order chi connectivity index (χ0) is 25.9. The fourth-order valence-electron chi connectivity index (χ4n) is 2.42. The lowest BCUT2D eigenvalue weighted by atomic mass is 10.1. The van der Waals surface area contributed by atoms with E-state index in [-0.39, 0.29) is 24.8 Å². The van der Waals surface area contributed by atoms with Crippen molar-refractivity contribution in [1.29, 1.82) is 0 Å². The van der Waals surface area contributed by atoms with Gasteiger partial charge in [-0.2, -0.15) is 0 Å². The summed E-state index contributed by atoms with van der Waals surface area (Å²) in [5.41, 5.74) is 13.3. The van der Waals surface area contributed by atoms with Crippen molar-refractivity contribution in [3.63, 3.8) is 0 Å². The van der Waals surface area contributed by atoms with Gasteiger partial charge in [-0.15, -0.1) is 0 Å². The number of hydrogen-bond acceptors (Lipinski definition) is 8.